The largest absolute Gasteiger partial charge is 0.311 e. The Hall–Kier alpha value is -6.12. The van der Waals surface area contributed by atoms with Gasteiger partial charge in [-0.1, -0.05) is 133 Å². The number of hydrogen-bond donors (Lipinski definition) is 0. The molecule has 0 fully saturated rings. The van der Waals surface area contributed by atoms with Gasteiger partial charge in [0.25, 0.3) is 0 Å². The lowest BCUT2D eigenvalue weighted by molar-refractivity contribution is 1.27. The molecular formula is C45H36N2. The smallest absolute Gasteiger partial charge is 0.0462 e. The number of benzene rings is 7. The number of hydrogen-bond acceptors (Lipinski definition) is 2. The average molecular weight is 605 g/mol. The first kappa shape index (κ1) is 29.6. The molecule has 0 saturated carbocycles. The molecule has 0 spiro atoms. The molecule has 0 amide bonds. The van der Waals surface area contributed by atoms with Gasteiger partial charge in [-0.3, -0.25) is 0 Å². The van der Waals surface area contributed by atoms with Crippen molar-refractivity contribution < 1.29 is 0 Å². The Morgan fingerprint density at radius 3 is 0.957 bits per heavy atom. The summed E-state index contributed by atoms with van der Waals surface area (Å²) in [6, 6.07) is 66.5. The van der Waals surface area contributed by atoms with Crippen LogP contribution in [-0.2, 0) is 0 Å². The molecule has 0 aliphatic heterocycles. The van der Waals surface area contributed by atoms with Crippen molar-refractivity contribution in [3.8, 4) is 11.1 Å². The molecule has 0 N–H and O–H groups in total. The Labute approximate surface area is 278 Å². The van der Waals surface area contributed by atoms with Crippen LogP contribution in [0.4, 0.5) is 34.1 Å². The second-order valence-electron chi connectivity index (χ2n) is 11.6. The SMILES string of the molecule is Cc1ccc(N(c2ccccc2)c2ccc(-c3ccc(C=Cc4ccc(N(c5ccccc5)c5ccccc5)cc4)cc3)cc2)cc1. The Bertz CT molecular complexity index is 1990. The summed E-state index contributed by atoms with van der Waals surface area (Å²) in [5, 5.41) is 0. The molecule has 0 aliphatic rings. The molecule has 47 heavy (non-hydrogen) atoms. The fraction of sp³-hybridized carbons (Fsp3) is 0.0222. The summed E-state index contributed by atoms with van der Waals surface area (Å²) in [5.41, 5.74) is 12.8. The molecule has 2 heteroatoms. The standard InChI is InChI=1S/C45H36N2/c1-35-17-29-43(30-18-35)47(42-15-9-4-10-16-42)45-33-27-39(28-34-45)38-25-21-36(22-26-38)19-20-37-23-31-44(32-24-37)46(40-11-5-2-6-12-40)41-13-7-3-8-14-41/h2-34H,1H3. The second kappa shape index (κ2) is 13.9. The molecule has 0 unspecified atom stereocenters. The Morgan fingerprint density at radius 2 is 0.574 bits per heavy atom. The average Bonchev–Trinajstić information content (AvgIpc) is 3.14. The maximum Gasteiger partial charge on any atom is 0.0462 e. The van der Waals surface area contributed by atoms with Gasteiger partial charge in [0.05, 0.1) is 0 Å². The first-order chi connectivity index (χ1) is 23.2. The summed E-state index contributed by atoms with van der Waals surface area (Å²) in [7, 11) is 0. The summed E-state index contributed by atoms with van der Waals surface area (Å²) >= 11 is 0. The number of nitrogens with zero attached hydrogens (tertiary/aromatic N) is 2. The first-order valence-electron chi connectivity index (χ1n) is 16.0. The molecule has 0 bridgehead atoms. The van der Waals surface area contributed by atoms with Crippen molar-refractivity contribution in [3.05, 3.63) is 205 Å². The molecule has 0 saturated heterocycles. The van der Waals surface area contributed by atoms with Crippen molar-refractivity contribution in [3.63, 3.8) is 0 Å². The maximum atomic E-state index is 2.30. The van der Waals surface area contributed by atoms with Crippen LogP contribution in [0.2, 0.25) is 0 Å². The highest BCUT2D eigenvalue weighted by atomic mass is 15.1. The quantitative estimate of drug-likeness (QED) is 0.151. The zero-order valence-corrected chi connectivity index (χ0v) is 26.4. The highest BCUT2D eigenvalue weighted by molar-refractivity contribution is 5.80. The lowest BCUT2D eigenvalue weighted by atomic mass is 10.0. The molecule has 0 aromatic heterocycles. The van der Waals surface area contributed by atoms with E-state index in [1.54, 1.807) is 0 Å². The highest BCUT2D eigenvalue weighted by Crippen LogP contribution is 2.36. The minimum atomic E-state index is 1.13. The predicted molar refractivity (Wildman–Crippen MR) is 201 cm³/mol. The van der Waals surface area contributed by atoms with Gasteiger partial charge in [0.1, 0.15) is 0 Å². The van der Waals surface area contributed by atoms with Gasteiger partial charge in [-0.2, -0.15) is 0 Å². The predicted octanol–water partition coefficient (Wildman–Crippen LogP) is 12.8. The summed E-state index contributed by atoms with van der Waals surface area (Å²) in [4.78, 5) is 4.57. The van der Waals surface area contributed by atoms with Crippen molar-refractivity contribution in [1.82, 2.24) is 0 Å². The molecule has 7 aromatic carbocycles. The van der Waals surface area contributed by atoms with E-state index >= 15 is 0 Å². The summed E-state index contributed by atoms with van der Waals surface area (Å²) in [6.07, 6.45) is 4.35. The van der Waals surface area contributed by atoms with Crippen molar-refractivity contribution in [1.29, 1.82) is 0 Å². The van der Waals surface area contributed by atoms with Gasteiger partial charge in [0.15, 0.2) is 0 Å². The molecule has 7 rings (SSSR count). The van der Waals surface area contributed by atoms with E-state index in [-0.39, 0.29) is 0 Å². The third kappa shape index (κ3) is 6.93. The van der Waals surface area contributed by atoms with Crippen molar-refractivity contribution >= 4 is 46.3 Å². The minimum absolute atomic E-state index is 1.13. The van der Waals surface area contributed by atoms with Crippen molar-refractivity contribution in [2.24, 2.45) is 0 Å². The molecule has 0 aliphatic carbocycles. The Balaban J connectivity index is 1.06. The van der Waals surface area contributed by atoms with E-state index in [4.69, 9.17) is 0 Å². The summed E-state index contributed by atoms with van der Waals surface area (Å²) in [5.74, 6) is 0. The third-order valence-corrected chi connectivity index (χ3v) is 8.32. The van der Waals surface area contributed by atoms with E-state index in [0.29, 0.717) is 0 Å². The molecule has 0 radical (unpaired) electrons. The minimum Gasteiger partial charge on any atom is -0.311 e. The highest BCUT2D eigenvalue weighted by Gasteiger charge is 2.13. The first-order valence-corrected chi connectivity index (χ1v) is 16.0. The van der Waals surface area contributed by atoms with Crippen LogP contribution in [-0.4, -0.2) is 0 Å². The fourth-order valence-corrected chi connectivity index (χ4v) is 5.84. The molecule has 0 heterocycles. The molecule has 2 nitrogen and oxygen atoms in total. The molecule has 226 valence electrons. The van der Waals surface area contributed by atoms with Crippen LogP contribution in [0.25, 0.3) is 23.3 Å². The zero-order chi connectivity index (χ0) is 31.8. The normalized spacial score (nSPS) is 11.0. The van der Waals surface area contributed by atoms with Crippen LogP contribution < -0.4 is 9.80 Å². The monoisotopic (exact) mass is 604 g/mol. The number of rotatable bonds is 9. The Kier molecular flexibility index (Phi) is 8.74. The van der Waals surface area contributed by atoms with Gasteiger partial charge in [-0.15, -0.1) is 0 Å². The van der Waals surface area contributed by atoms with Crippen molar-refractivity contribution in [2.75, 3.05) is 9.80 Å². The van der Waals surface area contributed by atoms with E-state index in [2.05, 4.69) is 217 Å². The van der Waals surface area contributed by atoms with Crippen LogP contribution >= 0.6 is 0 Å². The lowest BCUT2D eigenvalue weighted by Crippen LogP contribution is -2.09. The maximum absolute atomic E-state index is 2.30. The van der Waals surface area contributed by atoms with Crippen LogP contribution in [0.5, 0.6) is 0 Å². The van der Waals surface area contributed by atoms with E-state index in [1.807, 2.05) is 0 Å². The van der Waals surface area contributed by atoms with Gasteiger partial charge >= 0.3 is 0 Å². The molecule has 0 atom stereocenters. The van der Waals surface area contributed by atoms with Gasteiger partial charge in [0, 0.05) is 34.1 Å². The van der Waals surface area contributed by atoms with Crippen molar-refractivity contribution in [2.45, 2.75) is 6.92 Å². The van der Waals surface area contributed by atoms with E-state index in [0.717, 1.165) is 39.7 Å². The van der Waals surface area contributed by atoms with Crippen LogP contribution in [0.15, 0.2) is 188 Å². The Morgan fingerprint density at radius 1 is 0.298 bits per heavy atom. The number of para-hydroxylation sites is 3. The molecular weight excluding hydrogens is 569 g/mol. The van der Waals surface area contributed by atoms with Gasteiger partial charge in [-0.05, 0) is 102 Å². The second-order valence-corrected chi connectivity index (χ2v) is 11.6. The third-order valence-electron chi connectivity index (χ3n) is 8.32. The van der Waals surface area contributed by atoms with Crippen LogP contribution in [0.3, 0.4) is 0 Å². The van der Waals surface area contributed by atoms with Gasteiger partial charge in [0.2, 0.25) is 0 Å². The van der Waals surface area contributed by atoms with E-state index in [9.17, 15) is 0 Å². The topological polar surface area (TPSA) is 6.48 Å². The summed E-state index contributed by atoms with van der Waals surface area (Å²) < 4.78 is 0. The number of aryl methyl sites for hydroxylation is 1. The van der Waals surface area contributed by atoms with Gasteiger partial charge in [-0.25, -0.2) is 0 Å². The zero-order valence-electron chi connectivity index (χ0n) is 26.4. The van der Waals surface area contributed by atoms with E-state index in [1.165, 1.54) is 22.3 Å². The van der Waals surface area contributed by atoms with Crippen LogP contribution in [0, 0.1) is 6.92 Å². The summed E-state index contributed by atoms with van der Waals surface area (Å²) in [6.45, 7) is 2.12. The number of anilines is 6. The van der Waals surface area contributed by atoms with Gasteiger partial charge < -0.3 is 9.80 Å². The molecule has 7 aromatic rings. The fourth-order valence-electron chi connectivity index (χ4n) is 5.84. The van der Waals surface area contributed by atoms with E-state index < -0.39 is 0 Å². The lowest BCUT2D eigenvalue weighted by Gasteiger charge is -2.25. The van der Waals surface area contributed by atoms with Crippen LogP contribution in [0.1, 0.15) is 16.7 Å².